The molecule has 0 unspecified atom stereocenters. The molecule has 0 fully saturated rings. The van der Waals surface area contributed by atoms with Gasteiger partial charge in [0, 0.05) is 28.9 Å². The zero-order chi connectivity index (χ0) is 23.2. The Labute approximate surface area is 209 Å². The normalized spacial score (nSPS) is 10.8. The van der Waals surface area contributed by atoms with Gasteiger partial charge in [-0.3, -0.25) is 4.79 Å². The number of halogens is 2. The van der Waals surface area contributed by atoms with Crippen molar-refractivity contribution in [1.82, 2.24) is 19.7 Å². The highest BCUT2D eigenvalue weighted by Gasteiger charge is 2.15. The minimum absolute atomic E-state index is 0.178. The lowest BCUT2D eigenvalue weighted by Gasteiger charge is -2.07. The fraction of sp³-hybridized carbons (Fsp3) is 0.130. The maximum absolute atomic E-state index is 12.5. The first-order chi connectivity index (χ1) is 16.0. The van der Waals surface area contributed by atoms with Gasteiger partial charge in [-0.15, -0.1) is 28.1 Å². The molecule has 0 aliphatic carbocycles. The van der Waals surface area contributed by atoms with E-state index in [1.54, 1.807) is 24.3 Å². The van der Waals surface area contributed by atoms with Crippen LogP contribution in [-0.4, -0.2) is 31.4 Å². The minimum atomic E-state index is -0.180. The summed E-state index contributed by atoms with van der Waals surface area (Å²) in [5.74, 6) is 0.825. The highest BCUT2D eigenvalue weighted by atomic mass is 35.5. The maximum atomic E-state index is 12.5. The standard InChI is InChI=1S/C23H19Cl2N5OS2/c1-2-10-30-20(11-15-6-4-3-5-7-15)28-29-23(30)33-14-21(31)27-22-26-19(13-32-22)17-9-8-16(24)12-18(17)25/h2-9,12-13H,1,10-11,14H2,(H,26,27,31). The number of carbonyl (C=O) groups is 1. The first kappa shape index (κ1) is 23.5. The SMILES string of the molecule is C=CCn1c(Cc2ccccc2)nnc1SCC(=O)Nc1nc(-c2ccc(Cl)cc2Cl)cs1. The summed E-state index contributed by atoms with van der Waals surface area (Å²) in [7, 11) is 0. The van der Waals surface area contributed by atoms with E-state index in [0.717, 1.165) is 17.0 Å². The van der Waals surface area contributed by atoms with Gasteiger partial charge in [0.2, 0.25) is 5.91 Å². The summed E-state index contributed by atoms with van der Waals surface area (Å²) in [6, 6.07) is 15.3. The molecule has 0 aliphatic heterocycles. The number of thioether (sulfide) groups is 1. The van der Waals surface area contributed by atoms with Crippen molar-refractivity contribution >= 4 is 57.3 Å². The number of carbonyl (C=O) groups excluding carboxylic acids is 1. The zero-order valence-electron chi connectivity index (χ0n) is 17.4. The summed E-state index contributed by atoms with van der Waals surface area (Å²) >= 11 is 14.9. The van der Waals surface area contributed by atoms with Gasteiger partial charge in [-0.25, -0.2) is 4.98 Å². The number of rotatable bonds is 9. The van der Waals surface area contributed by atoms with Gasteiger partial charge >= 0.3 is 0 Å². The Balaban J connectivity index is 1.39. The van der Waals surface area contributed by atoms with Gasteiger partial charge in [0.05, 0.1) is 16.5 Å². The van der Waals surface area contributed by atoms with E-state index in [1.165, 1.54) is 23.1 Å². The van der Waals surface area contributed by atoms with E-state index < -0.39 is 0 Å². The summed E-state index contributed by atoms with van der Waals surface area (Å²) in [4.78, 5) is 17.0. The molecule has 0 bridgehead atoms. The highest BCUT2D eigenvalue weighted by Crippen LogP contribution is 2.32. The van der Waals surface area contributed by atoms with Crippen LogP contribution in [-0.2, 0) is 17.8 Å². The Bertz CT molecular complexity index is 1270. The van der Waals surface area contributed by atoms with Gasteiger partial charge < -0.3 is 9.88 Å². The van der Waals surface area contributed by atoms with Crippen LogP contribution < -0.4 is 5.32 Å². The maximum Gasteiger partial charge on any atom is 0.236 e. The molecule has 0 saturated carbocycles. The second-order valence-electron chi connectivity index (χ2n) is 6.96. The molecule has 0 saturated heterocycles. The van der Waals surface area contributed by atoms with Crippen molar-refractivity contribution in [3.63, 3.8) is 0 Å². The van der Waals surface area contributed by atoms with E-state index in [0.29, 0.717) is 39.0 Å². The number of anilines is 1. The number of allylic oxidation sites excluding steroid dienone is 1. The smallest absolute Gasteiger partial charge is 0.236 e. The molecular weight excluding hydrogens is 497 g/mol. The zero-order valence-corrected chi connectivity index (χ0v) is 20.5. The molecule has 2 aromatic heterocycles. The summed E-state index contributed by atoms with van der Waals surface area (Å²) < 4.78 is 1.97. The van der Waals surface area contributed by atoms with Gasteiger partial charge in [0.25, 0.3) is 0 Å². The quantitative estimate of drug-likeness (QED) is 0.211. The van der Waals surface area contributed by atoms with Crippen LogP contribution >= 0.6 is 46.3 Å². The third-order valence-electron chi connectivity index (χ3n) is 4.60. The largest absolute Gasteiger partial charge is 0.302 e. The van der Waals surface area contributed by atoms with Crippen molar-refractivity contribution in [2.75, 3.05) is 11.1 Å². The molecule has 0 aliphatic rings. The molecule has 0 radical (unpaired) electrons. The van der Waals surface area contributed by atoms with Crippen LogP contribution in [0, 0.1) is 0 Å². The number of amides is 1. The summed E-state index contributed by atoms with van der Waals surface area (Å²) in [5, 5.41) is 15.5. The van der Waals surface area contributed by atoms with Crippen LogP contribution in [0.25, 0.3) is 11.3 Å². The monoisotopic (exact) mass is 515 g/mol. The first-order valence-corrected chi connectivity index (χ1v) is 12.6. The van der Waals surface area contributed by atoms with Gasteiger partial charge in [-0.1, -0.05) is 71.4 Å². The van der Waals surface area contributed by atoms with E-state index in [9.17, 15) is 4.79 Å². The third-order valence-corrected chi connectivity index (χ3v) is 6.87. The lowest BCUT2D eigenvalue weighted by atomic mass is 10.1. The van der Waals surface area contributed by atoms with E-state index in [2.05, 4.69) is 27.1 Å². The van der Waals surface area contributed by atoms with Crippen LogP contribution in [0.15, 0.2) is 71.7 Å². The van der Waals surface area contributed by atoms with Crippen molar-refractivity contribution in [3.8, 4) is 11.3 Å². The number of hydrogen-bond donors (Lipinski definition) is 1. The molecule has 6 nitrogen and oxygen atoms in total. The van der Waals surface area contributed by atoms with Crippen LogP contribution in [0.2, 0.25) is 10.0 Å². The highest BCUT2D eigenvalue weighted by molar-refractivity contribution is 7.99. The summed E-state index contributed by atoms with van der Waals surface area (Å²) in [6.45, 7) is 4.39. The first-order valence-electron chi connectivity index (χ1n) is 9.94. The Morgan fingerprint density at radius 2 is 2.00 bits per heavy atom. The van der Waals surface area contributed by atoms with E-state index in [1.807, 2.05) is 40.3 Å². The number of thiazole rings is 1. The Hall–Kier alpha value is -2.65. The summed E-state index contributed by atoms with van der Waals surface area (Å²) in [5.41, 5.74) is 2.58. The fourth-order valence-electron chi connectivity index (χ4n) is 3.08. The van der Waals surface area contributed by atoms with E-state index >= 15 is 0 Å². The van der Waals surface area contributed by atoms with Gasteiger partial charge in [-0.2, -0.15) is 0 Å². The second kappa shape index (κ2) is 11.0. The topological polar surface area (TPSA) is 72.7 Å². The average molecular weight is 516 g/mol. The van der Waals surface area contributed by atoms with Crippen LogP contribution in [0.1, 0.15) is 11.4 Å². The van der Waals surface area contributed by atoms with Gasteiger partial charge in [0.1, 0.15) is 5.82 Å². The molecule has 0 atom stereocenters. The van der Waals surface area contributed by atoms with Crippen molar-refractivity contribution in [3.05, 3.63) is 88.0 Å². The molecule has 1 N–H and O–H groups in total. The predicted molar refractivity (Wildman–Crippen MR) is 136 cm³/mol. The fourth-order valence-corrected chi connectivity index (χ4v) is 5.08. The van der Waals surface area contributed by atoms with Crippen molar-refractivity contribution < 1.29 is 4.79 Å². The van der Waals surface area contributed by atoms with Crippen molar-refractivity contribution in [2.24, 2.45) is 0 Å². The number of benzene rings is 2. The average Bonchev–Trinajstić information content (AvgIpc) is 3.41. The molecule has 1 amide bonds. The molecule has 33 heavy (non-hydrogen) atoms. The van der Waals surface area contributed by atoms with E-state index in [-0.39, 0.29) is 11.7 Å². The number of hydrogen-bond acceptors (Lipinski definition) is 6. The molecular formula is C23H19Cl2N5OS2. The number of aromatic nitrogens is 4. The molecule has 0 spiro atoms. The van der Waals surface area contributed by atoms with Crippen LogP contribution in [0.5, 0.6) is 0 Å². The molecule has 2 heterocycles. The van der Waals surface area contributed by atoms with Crippen molar-refractivity contribution in [2.45, 2.75) is 18.1 Å². The second-order valence-corrected chi connectivity index (χ2v) is 9.60. The van der Waals surface area contributed by atoms with E-state index in [4.69, 9.17) is 23.2 Å². The van der Waals surface area contributed by atoms with Crippen LogP contribution in [0.4, 0.5) is 5.13 Å². The summed E-state index contributed by atoms with van der Waals surface area (Å²) in [6.07, 6.45) is 2.45. The Morgan fingerprint density at radius 3 is 2.76 bits per heavy atom. The van der Waals surface area contributed by atoms with Gasteiger partial charge in [-0.05, 0) is 23.8 Å². The van der Waals surface area contributed by atoms with Crippen LogP contribution in [0.3, 0.4) is 0 Å². The van der Waals surface area contributed by atoms with Gasteiger partial charge in [0.15, 0.2) is 10.3 Å². The molecule has 10 heteroatoms. The predicted octanol–water partition coefficient (Wildman–Crippen LogP) is 6.22. The lowest BCUT2D eigenvalue weighted by Crippen LogP contribution is -2.14. The third kappa shape index (κ3) is 6.03. The molecule has 168 valence electrons. The molecule has 4 aromatic rings. The molecule has 4 rings (SSSR count). The Morgan fingerprint density at radius 1 is 1.18 bits per heavy atom. The minimum Gasteiger partial charge on any atom is -0.302 e. The number of nitrogens with zero attached hydrogens (tertiary/aromatic N) is 4. The lowest BCUT2D eigenvalue weighted by molar-refractivity contribution is -0.113. The number of nitrogens with one attached hydrogen (secondary N) is 1. The van der Waals surface area contributed by atoms with Crippen molar-refractivity contribution in [1.29, 1.82) is 0 Å². The Kier molecular flexibility index (Phi) is 7.82. The molecule has 2 aromatic carbocycles.